The number of nitrogens with one attached hydrogen (secondary N) is 1. The number of anilines is 1. The molecule has 10 heteroatoms. The van der Waals surface area contributed by atoms with E-state index in [1.807, 2.05) is 17.5 Å². The van der Waals surface area contributed by atoms with Crippen LogP contribution in [0.3, 0.4) is 0 Å². The molecule has 0 amide bonds. The van der Waals surface area contributed by atoms with Crippen molar-refractivity contribution in [1.82, 2.24) is 4.98 Å². The normalized spacial score (nSPS) is 10.3. The van der Waals surface area contributed by atoms with Crippen LogP contribution in [0, 0.1) is 6.92 Å². The van der Waals surface area contributed by atoms with Crippen molar-refractivity contribution in [3.63, 3.8) is 0 Å². The average molecular weight is 392 g/mol. The Morgan fingerprint density at radius 2 is 2.00 bits per heavy atom. The molecule has 0 bridgehead atoms. The van der Waals surface area contributed by atoms with Crippen molar-refractivity contribution in [2.75, 3.05) is 5.73 Å². The third-order valence-electron chi connectivity index (χ3n) is 2.61. The summed E-state index contributed by atoms with van der Waals surface area (Å²) >= 11 is 5.70. The average Bonchev–Trinajstić information content (AvgIpc) is 3.07. The number of ether oxygens (including phenoxy) is 1. The van der Waals surface area contributed by atoms with Crippen LogP contribution in [0.25, 0.3) is 10.9 Å². The van der Waals surface area contributed by atoms with E-state index in [9.17, 15) is 13.2 Å². The first-order chi connectivity index (χ1) is 11.7. The lowest BCUT2D eigenvalue weighted by Gasteiger charge is -2.09. The molecule has 0 aliphatic rings. The summed E-state index contributed by atoms with van der Waals surface area (Å²) in [4.78, 5) is 11.3. The Bertz CT molecular complexity index is 802. The van der Waals surface area contributed by atoms with Gasteiger partial charge in [-0.15, -0.1) is 37.1 Å². The third kappa shape index (κ3) is 7.40. The van der Waals surface area contributed by atoms with Gasteiger partial charge in [-0.3, -0.25) is 4.79 Å². The van der Waals surface area contributed by atoms with Crippen LogP contribution < -0.4 is 10.5 Å². The number of thiol groups is 1. The SMILES string of the molecule is Cc1cc2cc(OC(F)(F)F)cc(N)c2[nH]1.O=CO.Sc1cccs1. The summed E-state index contributed by atoms with van der Waals surface area (Å²) in [5.74, 6) is -0.309. The molecule has 0 aliphatic carbocycles. The van der Waals surface area contributed by atoms with E-state index in [0.29, 0.717) is 10.9 Å². The highest BCUT2D eigenvalue weighted by Crippen LogP contribution is 2.30. The number of carbonyl (C=O) groups is 1. The second-order valence-corrected chi connectivity index (χ2v) is 6.27. The number of hydrogen-bond donors (Lipinski definition) is 4. The number of nitrogens with two attached hydrogens (primary N) is 1. The van der Waals surface area contributed by atoms with Crippen LogP contribution in [0.1, 0.15) is 5.69 Å². The molecule has 25 heavy (non-hydrogen) atoms. The molecular formula is C15H15F3N2O3S2. The molecule has 5 nitrogen and oxygen atoms in total. The molecule has 0 atom stereocenters. The molecule has 3 aromatic rings. The quantitative estimate of drug-likeness (QED) is 0.275. The molecule has 136 valence electrons. The van der Waals surface area contributed by atoms with Gasteiger partial charge in [-0.05, 0) is 30.5 Å². The van der Waals surface area contributed by atoms with Crippen molar-refractivity contribution in [3.05, 3.63) is 41.4 Å². The Hall–Kier alpha value is -2.33. The maximum atomic E-state index is 12.0. The van der Waals surface area contributed by atoms with Gasteiger partial charge in [0, 0.05) is 17.1 Å². The molecule has 1 aromatic carbocycles. The minimum atomic E-state index is -4.70. The van der Waals surface area contributed by atoms with Gasteiger partial charge in [-0.25, -0.2) is 0 Å². The topological polar surface area (TPSA) is 88.3 Å². The van der Waals surface area contributed by atoms with Crippen LogP contribution in [0.5, 0.6) is 5.75 Å². The summed E-state index contributed by atoms with van der Waals surface area (Å²) in [5, 5.41) is 9.49. The van der Waals surface area contributed by atoms with Gasteiger partial charge in [0.05, 0.1) is 15.4 Å². The smallest absolute Gasteiger partial charge is 0.483 e. The predicted octanol–water partition coefficient (Wildman–Crippen LogP) is 4.69. The van der Waals surface area contributed by atoms with Gasteiger partial charge >= 0.3 is 6.36 Å². The van der Waals surface area contributed by atoms with E-state index in [-0.39, 0.29) is 17.9 Å². The van der Waals surface area contributed by atoms with E-state index in [1.54, 1.807) is 24.3 Å². The molecule has 3 rings (SSSR count). The molecule has 0 saturated heterocycles. The minimum absolute atomic E-state index is 0.227. The number of rotatable bonds is 1. The largest absolute Gasteiger partial charge is 0.573 e. The van der Waals surface area contributed by atoms with E-state index in [2.05, 4.69) is 22.3 Å². The monoisotopic (exact) mass is 392 g/mol. The number of thiophene rings is 1. The van der Waals surface area contributed by atoms with E-state index in [4.69, 9.17) is 15.6 Å². The first kappa shape index (κ1) is 20.7. The zero-order valence-electron chi connectivity index (χ0n) is 12.9. The lowest BCUT2D eigenvalue weighted by Crippen LogP contribution is -2.17. The van der Waals surface area contributed by atoms with Crippen molar-refractivity contribution in [2.45, 2.75) is 17.5 Å². The second-order valence-electron chi connectivity index (χ2n) is 4.53. The molecule has 0 spiro atoms. The number of halogens is 3. The number of nitrogen functional groups attached to an aromatic ring is 1. The fraction of sp³-hybridized carbons (Fsp3) is 0.133. The first-order valence-electron chi connectivity index (χ1n) is 6.61. The van der Waals surface area contributed by atoms with Crippen molar-refractivity contribution >= 4 is 47.0 Å². The first-order valence-corrected chi connectivity index (χ1v) is 7.94. The highest BCUT2D eigenvalue weighted by molar-refractivity contribution is 7.82. The fourth-order valence-corrected chi connectivity index (χ4v) is 2.57. The van der Waals surface area contributed by atoms with E-state index in [1.165, 1.54) is 6.07 Å². The number of carboxylic acid groups (broad SMARTS) is 1. The summed E-state index contributed by atoms with van der Waals surface area (Å²) < 4.78 is 40.9. The molecular weight excluding hydrogens is 377 g/mol. The number of H-pyrrole nitrogens is 1. The van der Waals surface area contributed by atoms with Gasteiger partial charge in [0.25, 0.3) is 6.47 Å². The van der Waals surface area contributed by atoms with Crippen LogP contribution in [0.15, 0.2) is 39.9 Å². The predicted molar refractivity (Wildman–Crippen MR) is 94.4 cm³/mol. The van der Waals surface area contributed by atoms with Gasteiger partial charge in [-0.1, -0.05) is 6.07 Å². The van der Waals surface area contributed by atoms with Crippen molar-refractivity contribution in [3.8, 4) is 5.75 Å². The molecule has 4 N–H and O–H groups in total. The maximum Gasteiger partial charge on any atom is 0.573 e. The standard InChI is InChI=1S/C10H9F3N2O.C4H4S2.CH2O2/c1-5-2-6-3-7(16-10(11,12)13)4-8(14)9(6)15-5;5-4-2-1-3-6-4;2-1-3/h2-4,15H,14H2,1H3;1-3,5H;1H,(H,2,3). The maximum absolute atomic E-state index is 12.0. The number of fused-ring (bicyclic) bond motifs is 1. The van der Waals surface area contributed by atoms with Crippen molar-refractivity contribution in [1.29, 1.82) is 0 Å². The van der Waals surface area contributed by atoms with Crippen molar-refractivity contribution < 1.29 is 27.8 Å². The van der Waals surface area contributed by atoms with Gasteiger partial charge in [0.1, 0.15) is 5.75 Å². The summed E-state index contributed by atoms with van der Waals surface area (Å²) in [6.07, 6.45) is -4.70. The third-order valence-corrected chi connectivity index (χ3v) is 3.74. The molecule has 2 heterocycles. The van der Waals surface area contributed by atoms with E-state index < -0.39 is 6.36 Å². The van der Waals surface area contributed by atoms with Crippen LogP contribution in [0.4, 0.5) is 18.9 Å². The fourth-order valence-electron chi connectivity index (χ4n) is 1.85. The van der Waals surface area contributed by atoms with Gasteiger partial charge in [0.15, 0.2) is 0 Å². The van der Waals surface area contributed by atoms with Crippen LogP contribution in [-0.2, 0) is 4.79 Å². The number of benzene rings is 1. The Morgan fingerprint density at radius 3 is 2.44 bits per heavy atom. The zero-order chi connectivity index (χ0) is 19.0. The number of aryl methyl sites for hydroxylation is 1. The second kappa shape index (κ2) is 9.23. The number of aromatic amines is 1. The summed E-state index contributed by atoms with van der Waals surface area (Å²) in [6, 6.07) is 8.09. The lowest BCUT2D eigenvalue weighted by atomic mass is 10.2. The molecule has 0 aliphatic heterocycles. The van der Waals surface area contributed by atoms with Crippen LogP contribution in [0.2, 0.25) is 0 Å². The van der Waals surface area contributed by atoms with Crippen LogP contribution in [-0.4, -0.2) is 22.9 Å². The Labute approximate surface area is 150 Å². The van der Waals surface area contributed by atoms with Crippen molar-refractivity contribution in [2.24, 2.45) is 0 Å². The lowest BCUT2D eigenvalue weighted by molar-refractivity contribution is -0.274. The number of aromatic nitrogens is 1. The summed E-state index contributed by atoms with van der Waals surface area (Å²) in [5.41, 5.74) is 7.28. The van der Waals surface area contributed by atoms with E-state index in [0.717, 1.165) is 16.0 Å². The van der Waals surface area contributed by atoms with Gasteiger partial charge in [-0.2, -0.15) is 0 Å². The molecule has 0 saturated carbocycles. The van der Waals surface area contributed by atoms with E-state index >= 15 is 0 Å². The zero-order valence-corrected chi connectivity index (χ0v) is 14.6. The highest BCUT2D eigenvalue weighted by Gasteiger charge is 2.31. The van der Waals surface area contributed by atoms with Gasteiger partial charge < -0.3 is 20.6 Å². The number of hydrogen-bond acceptors (Lipinski definition) is 5. The Kier molecular flexibility index (Phi) is 7.65. The Morgan fingerprint density at radius 1 is 1.36 bits per heavy atom. The molecule has 0 fully saturated rings. The summed E-state index contributed by atoms with van der Waals surface area (Å²) in [6.45, 7) is 1.55. The molecule has 2 aromatic heterocycles. The number of alkyl halides is 3. The molecule has 0 unspecified atom stereocenters. The van der Waals surface area contributed by atoms with Crippen LogP contribution >= 0.6 is 24.0 Å². The highest BCUT2D eigenvalue weighted by atomic mass is 32.2. The molecule has 0 radical (unpaired) electrons. The Balaban J connectivity index is 0.000000287. The van der Waals surface area contributed by atoms with Gasteiger partial charge in [0.2, 0.25) is 0 Å². The minimum Gasteiger partial charge on any atom is -0.483 e. The summed E-state index contributed by atoms with van der Waals surface area (Å²) in [7, 11) is 0.